The highest BCUT2D eigenvalue weighted by Gasteiger charge is 2.53. The van der Waals surface area contributed by atoms with Crippen molar-refractivity contribution in [2.45, 2.75) is 63.1 Å². The number of hydrogen-bond acceptors (Lipinski definition) is 7. The summed E-state index contributed by atoms with van der Waals surface area (Å²) in [5.74, 6) is -6.02. The highest BCUT2D eigenvalue weighted by molar-refractivity contribution is 6.24. The first-order valence-electron chi connectivity index (χ1n) is 15.8. The lowest BCUT2D eigenvalue weighted by molar-refractivity contribution is -0.160. The molecule has 0 radical (unpaired) electrons. The summed E-state index contributed by atoms with van der Waals surface area (Å²) in [6, 6.07) is 5.89. The molecular formula is C34H30F8N4O5. The van der Waals surface area contributed by atoms with Gasteiger partial charge < -0.3 is 19.9 Å². The van der Waals surface area contributed by atoms with Crippen molar-refractivity contribution in [1.82, 2.24) is 15.0 Å². The third-order valence-corrected chi connectivity index (χ3v) is 9.17. The highest BCUT2D eigenvalue weighted by Crippen LogP contribution is 2.43. The number of pyridine rings is 1. The Morgan fingerprint density at radius 1 is 1.06 bits per heavy atom. The molecule has 0 bridgehead atoms. The van der Waals surface area contributed by atoms with Gasteiger partial charge in [-0.2, -0.15) is 30.7 Å². The van der Waals surface area contributed by atoms with Gasteiger partial charge in [0.2, 0.25) is 5.82 Å². The Morgan fingerprint density at radius 3 is 2.47 bits per heavy atom. The lowest BCUT2D eigenvalue weighted by Crippen LogP contribution is -2.60. The van der Waals surface area contributed by atoms with Crippen LogP contribution in [0.5, 0.6) is 5.75 Å². The smallest absolute Gasteiger partial charge is 0.433 e. The Bertz CT molecular complexity index is 1880. The summed E-state index contributed by atoms with van der Waals surface area (Å²) in [5.41, 5.74) is -5.91. The molecule has 2 aromatic carbocycles. The van der Waals surface area contributed by atoms with E-state index >= 15 is 8.78 Å². The van der Waals surface area contributed by atoms with Crippen LogP contribution in [-0.4, -0.2) is 63.3 Å². The standard InChI is InChI=1S/C34H30F8N4O5/c1-32-11-3-12-46(32)45(16-19-5-9-24(28(36)27(19)35)51-17-21-4-2-13-50-21)31(49)26(29(32)47)30(48)44-23-8-7-20(33(37,38)39)14-22(23)18-6-10-25(43-15-18)34(40,41)42/h5-10,14-15,21,47H,2-4,11-13,16-17H2,1H3,(H,44,48)/t21-,32?/m1/s1. The summed E-state index contributed by atoms with van der Waals surface area (Å²) < 4.78 is 122. The molecule has 17 heteroatoms. The highest BCUT2D eigenvalue weighted by atomic mass is 19.4. The van der Waals surface area contributed by atoms with Crippen LogP contribution in [-0.2, 0) is 33.2 Å². The van der Waals surface area contributed by atoms with E-state index in [1.54, 1.807) is 0 Å². The first-order valence-corrected chi connectivity index (χ1v) is 15.8. The van der Waals surface area contributed by atoms with Crippen LogP contribution < -0.4 is 10.1 Å². The molecule has 0 spiro atoms. The van der Waals surface area contributed by atoms with Crippen molar-refractivity contribution in [3.8, 4) is 16.9 Å². The molecule has 0 aliphatic carbocycles. The van der Waals surface area contributed by atoms with E-state index < -0.39 is 70.5 Å². The van der Waals surface area contributed by atoms with Crippen LogP contribution in [0.25, 0.3) is 11.1 Å². The van der Waals surface area contributed by atoms with E-state index in [0.717, 1.165) is 23.6 Å². The Morgan fingerprint density at radius 2 is 1.82 bits per heavy atom. The number of aliphatic hydroxyl groups excluding tert-OH is 1. The van der Waals surface area contributed by atoms with Gasteiger partial charge in [-0.1, -0.05) is 12.1 Å². The van der Waals surface area contributed by atoms with E-state index in [2.05, 4.69) is 10.3 Å². The van der Waals surface area contributed by atoms with Crippen LogP contribution in [0, 0.1) is 11.6 Å². The monoisotopic (exact) mass is 726 g/mol. The summed E-state index contributed by atoms with van der Waals surface area (Å²) in [4.78, 5) is 31.0. The number of hydrazine groups is 1. The second kappa shape index (κ2) is 13.4. The molecule has 2 atom stereocenters. The fraction of sp³-hybridized carbons (Fsp3) is 0.382. The molecule has 3 aromatic rings. The number of carbonyl (C=O) groups excluding carboxylic acids is 2. The van der Waals surface area contributed by atoms with E-state index in [-0.39, 0.29) is 53.8 Å². The zero-order valence-corrected chi connectivity index (χ0v) is 26.8. The van der Waals surface area contributed by atoms with Gasteiger partial charge in [0.25, 0.3) is 11.8 Å². The number of alkyl halides is 6. The molecule has 2 N–H and O–H groups in total. The number of anilines is 1. The van der Waals surface area contributed by atoms with Crippen molar-refractivity contribution in [3.63, 3.8) is 0 Å². The third-order valence-electron chi connectivity index (χ3n) is 9.17. The lowest BCUT2D eigenvalue weighted by atomic mass is 9.90. The predicted octanol–water partition coefficient (Wildman–Crippen LogP) is 7.18. The molecule has 0 saturated carbocycles. The number of nitrogens with zero attached hydrogens (tertiary/aromatic N) is 3. The van der Waals surface area contributed by atoms with Gasteiger partial charge in [0.15, 0.2) is 11.6 Å². The van der Waals surface area contributed by atoms with Crippen LogP contribution >= 0.6 is 0 Å². The average molecular weight is 727 g/mol. The summed E-state index contributed by atoms with van der Waals surface area (Å²) in [6.45, 7) is 1.69. The second-order valence-electron chi connectivity index (χ2n) is 12.5. The number of aromatic nitrogens is 1. The minimum Gasteiger partial charge on any atom is -0.509 e. The fourth-order valence-corrected chi connectivity index (χ4v) is 6.45. The van der Waals surface area contributed by atoms with Gasteiger partial charge in [-0.15, -0.1) is 0 Å². The number of benzene rings is 2. The molecule has 2 saturated heterocycles. The summed E-state index contributed by atoms with van der Waals surface area (Å²) in [5, 5.41) is 16.1. The van der Waals surface area contributed by atoms with E-state index in [9.17, 15) is 41.0 Å². The van der Waals surface area contributed by atoms with Crippen LogP contribution in [0.3, 0.4) is 0 Å². The molecule has 51 heavy (non-hydrogen) atoms. The molecule has 1 unspecified atom stereocenters. The largest absolute Gasteiger partial charge is 0.509 e. The Balaban J connectivity index is 1.31. The number of ether oxygens (including phenoxy) is 2. The molecule has 3 aliphatic heterocycles. The summed E-state index contributed by atoms with van der Waals surface area (Å²) >= 11 is 0. The number of halogens is 8. The summed E-state index contributed by atoms with van der Waals surface area (Å²) in [7, 11) is 0. The maximum Gasteiger partial charge on any atom is 0.433 e. The topological polar surface area (TPSA) is 104 Å². The quantitative estimate of drug-likeness (QED) is 0.187. The zero-order valence-electron chi connectivity index (χ0n) is 26.8. The van der Waals surface area contributed by atoms with Crippen molar-refractivity contribution < 1.29 is 59.3 Å². The van der Waals surface area contributed by atoms with Crippen molar-refractivity contribution >= 4 is 17.5 Å². The number of amides is 2. The van der Waals surface area contributed by atoms with Gasteiger partial charge in [-0.05, 0) is 62.9 Å². The van der Waals surface area contributed by atoms with Crippen LogP contribution in [0.1, 0.15) is 49.4 Å². The van der Waals surface area contributed by atoms with Gasteiger partial charge in [0, 0.05) is 41.7 Å². The van der Waals surface area contributed by atoms with Crippen molar-refractivity contribution in [1.29, 1.82) is 0 Å². The van der Waals surface area contributed by atoms with E-state index in [0.29, 0.717) is 43.8 Å². The molecule has 6 rings (SSSR count). The number of fused-ring (bicyclic) bond motifs is 1. The van der Waals surface area contributed by atoms with Crippen molar-refractivity contribution in [2.24, 2.45) is 0 Å². The Labute approximate surface area is 285 Å². The van der Waals surface area contributed by atoms with Crippen molar-refractivity contribution in [3.05, 3.63) is 88.4 Å². The number of rotatable bonds is 8. The van der Waals surface area contributed by atoms with E-state index in [4.69, 9.17) is 9.47 Å². The molecule has 4 heterocycles. The van der Waals surface area contributed by atoms with Crippen LogP contribution in [0.4, 0.5) is 40.8 Å². The Kier molecular flexibility index (Phi) is 9.48. The van der Waals surface area contributed by atoms with Gasteiger partial charge in [-0.25, -0.2) is 9.40 Å². The fourth-order valence-electron chi connectivity index (χ4n) is 6.45. The minimum absolute atomic E-state index is 0.00498. The van der Waals surface area contributed by atoms with E-state index in [1.807, 2.05) is 0 Å². The van der Waals surface area contributed by atoms with Crippen molar-refractivity contribution in [2.75, 3.05) is 25.1 Å². The minimum atomic E-state index is -4.87. The van der Waals surface area contributed by atoms with Gasteiger partial charge in [0.1, 0.15) is 23.6 Å². The van der Waals surface area contributed by atoms with Gasteiger partial charge >= 0.3 is 12.4 Å². The zero-order chi connectivity index (χ0) is 36.9. The van der Waals surface area contributed by atoms with Crippen LogP contribution in [0.15, 0.2) is 60.0 Å². The number of hydrogen-bond donors (Lipinski definition) is 2. The molecule has 272 valence electrons. The average Bonchev–Trinajstić information content (AvgIpc) is 3.74. The second-order valence-corrected chi connectivity index (χ2v) is 12.5. The maximum atomic E-state index is 15.4. The number of nitrogens with one attached hydrogen (secondary N) is 1. The Hall–Kier alpha value is -4.77. The number of carbonyl (C=O) groups is 2. The lowest BCUT2D eigenvalue weighted by Gasteiger charge is -2.46. The van der Waals surface area contributed by atoms with Gasteiger partial charge in [0.05, 0.1) is 23.8 Å². The molecule has 9 nitrogen and oxygen atoms in total. The maximum absolute atomic E-state index is 15.4. The first kappa shape index (κ1) is 36.0. The SMILES string of the molecule is CC12CCCN1N(Cc1ccc(OC[C@H]3CCCO3)c(F)c1F)C(=O)C(C(=O)Nc1ccc(C(F)(F)F)cc1-c1ccc(C(F)(F)F)nc1)=C2O. The number of aliphatic hydroxyl groups is 1. The summed E-state index contributed by atoms with van der Waals surface area (Å²) in [6.07, 6.45) is -7.11. The first-order chi connectivity index (χ1) is 24.0. The molecule has 2 amide bonds. The van der Waals surface area contributed by atoms with Gasteiger partial charge in [-0.3, -0.25) is 19.6 Å². The van der Waals surface area contributed by atoms with Crippen LogP contribution in [0.2, 0.25) is 0 Å². The molecule has 3 aliphatic rings. The predicted molar refractivity (Wildman–Crippen MR) is 164 cm³/mol. The molecule has 1 aromatic heterocycles. The molecular weight excluding hydrogens is 696 g/mol. The van der Waals surface area contributed by atoms with E-state index in [1.165, 1.54) is 24.1 Å². The third kappa shape index (κ3) is 6.96. The molecule has 2 fully saturated rings. The normalized spacial score (nSPS) is 21.3.